The second-order valence-electron chi connectivity index (χ2n) is 6.94. The first-order valence-electron chi connectivity index (χ1n) is 7.56. The van der Waals surface area contributed by atoms with Gasteiger partial charge in [-0.25, -0.2) is 0 Å². The molecule has 0 bridgehead atoms. The molecular weight excluding hydrogens is 208 g/mol. The maximum atomic E-state index is 6.01. The molecule has 2 heteroatoms. The monoisotopic (exact) mass is 238 g/mol. The van der Waals surface area contributed by atoms with Gasteiger partial charge < -0.3 is 5.73 Å². The van der Waals surface area contributed by atoms with E-state index in [2.05, 4.69) is 18.7 Å². The molecule has 1 aliphatic heterocycles. The molecule has 2 nitrogen and oxygen atoms in total. The number of hydrogen-bond acceptors (Lipinski definition) is 2. The van der Waals surface area contributed by atoms with Crippen molar-refractivity contribution < 1.29 is 0 Å². The summed E-state index contributed by atoms with van der Waals surface area (Å²) in [6.07, 6.45) is 9.75. The zero-order valence-electron chi connectivity index (χ0n) is 11.8. The zero-order chi connectivity index (χ0) is 12.3. The van der Waals surface area contributed by atoms with Gasteiger partial charge in [0.15, 0.2) is 0 Å². The Morgan fingerprint density at radius 2 is 1.88 bits per heavy atom. The van der Waals surface area contributed by atoms with Crippen LogP contribution >= 0.6 is 0 Å². The van der Waals surface area contributed by atoms with Gasteiger partial charge in [0.1, 0.15) is 0 Å². The molecule has 2 rings (SSSR count). The highest BCUT2D eigenvalue weighted by atomic mass is 15.2. The smallest absolute Gasteiger partial charge is 0.0136 e. The standard InChI is InChI=1S/C15H30N2/c1-15(2)9-6-10-17(12-15)14-8-5-3-4-7-13(14)11-16/h13-14H,3-12,16H2,1-2H3. The predicted octanol–water partition coefficient (Wildman–Crippen LogP) is 3.02. The van der Waals surface area contributed by atoms with E-state index in [9.17, 15) is 0 Å². The van der Waals surface area contributed by atoms with Crippen LogP contribution in [0.15, 0.2) is 0 Å². The summed E-state index contributed by atoms with van der Waals surface area (Å²) in [5.41, 5.74) is 6.53. The predicted molar refractivity (Wildman–Crippen MR) is 74.0 cm³/mol. The molecule has 17 heavy (non-hydrogen) atoms. The number of nitrogens with zero attached hydrogens (tertiary/aromatic N) is 1. The van der Waals surface area contributed by atoms with E-state index in [0.29, 0.717) is 5.41 Å². The zero-order valence-corrected chi connectivity index (χ0v) is 11.8. The van der Waals surface area contributed by atoms with Gasteiger partial charge in [-0.05, 0) is 50.1 Å². The minimum Gasteiger partial charge on any atom is -0.330 e. The van der Waals surface area contributed by atoms with Crippen LogP contribution in [-0.4, -0.2) is 30.6 Å². The lowest BCUT2D eigenvalue weighted by atomic mass is 9.81. The third kappa shape index (κ3) is 3.45. The van der Waals surface area contributed by atoms with E-state index in [1.807, 2.05) is 0 Å². The van der Waals surface area contributed by atoms with E-state index < -0.39 is 0 Å². The normalized spacial score (nSPS) is 35.5. The fraction of sp³-hybridized carbons (Fsp3) is 1.00. The van der Waals surface area contributed by atoms with Crippen LogP contribution in [-0.2, 0) is 0 Å². The summed E-state index contributed by atoms with van der Waals surface area (Å²) in [6.45, 7) is 8.33. The van der Waals surface area contributed by atoms with Crippen LogP contribution in [0.3, 0.4) is 0 Å². The molecule has 2 N–H and O–H groups in total. The molecule has 0 radical (unpaired) electrons. The van der Waals surface area contributed by atoms with Gasteiger partial charge in [0.2, 0.25) is 0 Å². The van der Waals surface area contributed by atoms with Crippen molar-refractivity contribution in [2.45, 2.75) is 64.8 Å². The van der Waals surface area contributed by atoms with Crippen LogP contribution in [0.4, 0.5) is 0 Å². The molecule has 2 atom stereocenters. The van der Waals surface area contributed by atoms with Gasteiger partial charge in [-0.2, -0.15) is 0 Å². The molecule has 2 fully saturated rings. The Hall–Kier alpha value is -0.0800. The van der Waals surface area contributed by atoms with E-state index in [-0.39, 0.29) is 0 Å². The Morgan fingerprint density at radius 3 is 2.59 bits per heavy atom. The molecule has 1 heterocycles. The number of piperidine rings is 1. The molecule has 100 valence electrons. The highest BCUT2D eigenvalue weighted by Crippen LogP contribution is 2.34. The molecule has 0 aromatic heterocycles. The molecule has 0 aromatic carbocycles. The Bertz CT molecular complexity index is 237. The summed E-state index contributed by atoms with van der Waals surface area (Å²) in [5.74, 6) is 0.756. The maximum Gasteiger partial charge on any atom is 0.0136 e. The van der Waals surface area contributed by atoms with Crippen LogP contribution in [0.5, 0.6) is 0 Å². The Labute approximate surface area is 107 Å². The molecule has 2 unspecified atom stereocenters. The third-order valence-electron chi connectivity index (χ3n) is 4.82. The lowest BCUT2D eigenvalue weighted by Gasteiger charge is -2.44. The van der Waals surface area contributed by atoms with Crippen LogP contribution in [0, 0.1) is 11.3 Å². The second-order valence-corrected chi connectivity index (χ2v) is 6.94. The minimum atomic E-state index is 0.518. The highest BCUT2D eigenvalue weighted by molar-refractivity contribution is 4.88. The summed E-state index contributed by atoms with van der Waals surface area (Å²) >= 11 is 0. The minimum absolute atomic E-state index is 0.518. The van der Waals surface area contributed by atoms with Crippen molar-refractivity contribution in [3.8, 4) is 0 Å². The molecule has 0 amide bonds. The van der Waals surface area contributed by atoms with Crippen molar-refractivity contribution in [2.24, 2.45) is 17.1 Å². The summed E-state index contributed by atoms with van der Waals surface area (Å²) < 4.78 is 0. The first kappa shape index (κ1) is 13.4. The van der Waals surface area contributed by atoms with Crippen LogP contribution in [0.2, 0.25) is 0 Å². The molecule has 1 saturated carbocycles. The van der Waals surface area contributed by atoms with Gasteiger partial charge in [0.25, 0.3) is 0 Å². The van der Waals surface area contributed by atoms with Crippen molar-refractivity contribution in [2.75, 3.05) is 19.6 Å². The molecule has 0 spiro atoms. The van der Waals surface area contributed by atoms with Crippen LogP contribution in [0.1, 0.15) is 58.8 Å². The van der Waals surface area contributed by atoms with Gasteiger partial charge in [-0.1, -0.05) is 33.1 Å². The van der Waals surface area contributed by atoms with Crippen molar-refractivity contribution in [3.05, 3.63) is 0 Å². The summed E-state index contributed by atoms with van der Waals surface area (Å²) in [7, 11) is 0. The highest BCUT2D eigenvalue weighted by Gasteiger charge is 2.34. The van der Waals surface area contributed by atoms with Crippen molar-refractivity contribution >= 4 is 0 Å². The van der Waals surface area contributed by atoms with Crippen molar-refractivity contribution in [1.82, 2.24) is 4.90 Å². The first-order chi connectivity index (χ1) is 8.12. The quantitative estimate of drug-likeness (QED) is 0.749. The van der Waals surface area contributed by atoms with Gasteiger partial charge in [0, 0.05) is 12.6 Å². The van der Waals surface area contributed by atoms with E-state index >= 15 is 0 Å². The molecule has 0 aromatic rings. The summed E-state index contributed by atoms with van der Waals surface area (Å²) in [5, 5.41) is 0. The second kappa shape index (κ2) is 5.71. The van der Waals surface area contributed by atoms with Crippen molar-refractivity contribution in [1.29, 1.82) is 0 Å². The van der Waals surface area contributed by atoms with Gasteiger partial charge >= 0.3 is 0 Å². The fourth-order valence-electron chi connectivity index (χ4n) is 3.87. The maximum absolute atomic E-state index is 6.01. The lowest BCUT2D eigenvalue weighted by Crippen LogP contribution is -2.49. The SMILES string of the molecule is CC1(C)CCCN(C2CCCCCC2CN)C1. The summed E-state index contributed by atoms with van der Waals surface area (Å²) in [6, 6.07) is 0.780. The molecule has 2 aliphatic rings. The number of nitrogens with two attached hydrogens (primary N) is 1. The Morgan fingerprint density at radius 1 is 1.12 bits per heavy atom. The lowest BCUT2D eigenvalue weighted by molar-refractivity contribution is 0.0497. The Kier molecular flexibility index (Phi) is 4.48. The van der Waals surface area contributed by atoms with E-state index in [0.717, 1.165) is 18.5 Å². The summed E-state index contributed by atoms with van der Waals surface area (Å²) in [4.78, 5) is 2.77. The average molecular weight is 238 g/mol. The first-order valence-corrected chi connectivity index (χ1v) is 7.56. The fourth-order valence-corrected chi connectivity index (χ4v) is 3.87. The van der Waals surface area contributed by atoms with Gasteiger partial charge in [0.05, 0.1) is 0 Å². The topological polar surface area (TPSA) is 29.3 Å². The molecule has 1 aliphatic carbocycles. The van der Waals surface area contributed by atoms with E-state index in [4.69, 9.17) is 5.73 Å². The number of hydrogen-bond donors (Lipinski definition) is 1. The van der Waals surface area contributed by atoms with E-state index in [1.165, 1.54) is 58.0 Å². The van der Waals surface area contributed by atoms with E-state index in [1.54, 1.807) is 0 Å². The largest absolute Gasteiger partial charge is 0.330 e. The Balaban J connectivity index is 2.02. The van der Waals surface area contributed by atoms with Crippen LogP contribution < -0.4 is 5.73 Å². The van der Waals surface area contributed by atoms with Gasteiger partial charge in [-0.3, -0.25) is 4.90 Å². The number of likely N-dealkylation sites (tertiary alicyclic amines) is 1. The third-order valence-corrected chi connectivity index (χ3v) is 4.82. The number of rotatable bonds is 2. The molecule has 1 saturated heterocycles. The van der Waals surface area contributed by atoms with Crippen molar-refractivity contribution in [3.63, 3.8) is 0 Å². The molecular formula is C15H30N2. The van der Waals surface area contributed by atoms with Gasteiger partial charge in [-0.15, -0.1) is 0 Å². The van der Waals surface area contributed by atoms with Crippen LogP contribution in [0.25, 0.3) is 0 Å². The average Bonchev–Trinajstić information content (AvgIpc) is 2.52.